The number of piperidine rings is 1. The van der Waals surface area contributed by atoms with Gasteiger partial charge in [-0.15, -0.1) is 5.10 Å². The van der Waals surface area contributed by atoms with Gasteiger partial charge in [0, 0.05) is 26.2 Å². The number of likely N-dealkylation sites (tertiary alicyclic amines) is 1. The molecule has 4 heterocycles. The van der Waals surface area contributed by atoms with E-state index in [2.05, 4.69) is 30.6 Å². The number of H-pyrrole nitrogens is 1. The Hall–Kier alpha value is -2.33. The smallest absolute Gasteiger partial charge is 0.259 e. The molecule has 140 valence electrons. The Morgan fingerprint density at radius 3 is 2.92 bits per heavy atom. The van der Waals surface area contributed by atoms with E-state index in [-0.39, 0.29) is 12.0 Å². The fourth-order valence-electron chi connectivity index (χ4n) is 3.66. The van der Waals surface area contributed by atoms with Gasteiger partial charge in [-0.1, -0.05) is 6.42 Å². The molecule has 2 aliphatic heterocycles. The average Bonchev–Trinajstić information content (AvgIpc) is 3.31. The first-order valence-electron chi connectivity index (χ1n) is 9.21. The monoisotopic (exact) mass is 360 g/mol. The highest BCUT2D eigenvalue weighted by molar-refractivity contribution is 5.97. The maximum atomic E-state index is 13.1. The topological polar surface area (TPSA) is 105 Å². The van der Waals surface area contributed by atoms with Crippen LogP contribution in [-0.2, 0) is 4.74 Å². The summed E-state index contributed by atoms with van der Waals surface area (Å²) in [6.07, 6.45) is 7.66. The van der Waals surface area contributed by atoms with Crippen molar-refractivity contribution in [2.24, 2.45) is 0 Å². The standard InChI is InChI=1S/C16H24N8O2/c25-16(14-9-17-19-15(14)24-12-18-20-21-24)23-7-4-8-26-13(11-23)10-22-5-2-1-3-6-22/h9,12-13H,1-8,10-11H2,(H,17,19). The lowest BCUT2D eigenvalue weighted by Crippen LogP contribution is -2.44. The van der Waals surface area contributed by atoms with Gasteiger partial charge in [-0.2, -0.15) is 9.78 Å². The normalized spacial score (nSPS) is 22.3. The quantitative estimate of drug-likeness (QED) is 0.824. The van der Waals surface area contributed by atoms with Crippen molar-refractivity contribution in [1.82, 2.24) is 40.2 Å². The third-order valence-corrected chi connectivity index (χ3v) is 4.98. The molecule has 4 rings (SSSR count). The summed E-state index contributed by atoms with van der Waals surface area (Å²) in [7, 11) is 0. The highest BCUT2D eigenvalue weighted by Crippen LogP contribution is 2.17. The lowest BCUT2D eigenvalue weighted by atomic mass is 10.1. The second-order valence-corrected chi connectivity index (χ2v) is 6.85. The lowest BCUT2D eigenvalue weighted by Gasteiger charge is -2.31. The van der Waals surface area contributed by atoms with Crippen molar-refractivity contribution in [3.8, 4) is 5.82 Å². The number of carbonyl (C=O) groups is 1. The van der Waals surface area contributed by atoms with Crippen LogP contribution in [0, 0.1) is 0 Å². The van der Waals surface area contributed by atoms with Crippen LogP contribution in [0.1, 0.15) is 36.0 Å². The predicted molar refractivity (Wildman–Crippen MR) is 91.9 cm³/mol. The van der Waals surface area contributed by atoms with Gasteiger partial charge in [-0.05, 0) is 42.8 Å². The van der Waals surface area contributed by atoms with Gasteiger partial charge in [-0.25, -0.2) is 0 Å². The van der Waals surface area contributed by atoms with E-state index in [9.17, 15) is 4.79 Å². The third-order valence-electron chi connectivity index (χ3n) is 4.98. The van der Waals surface area contributed by atoms with Crippen molar-refractivity contribution < 1.29 is 9.53 Å². The number of aromatic nitrogens is 6. The molecule has 1 unspecified atom stereocenters. The highest BCUT2D eigenvalue weighted by atomic mass is 16.5. The summed E-state index contributed by atoms with van der Waals surface area (Å²) in [5.41, 5.74) is 0.468. The summed E-state index contributed by atoms with van der Waals surface area (Å²) >= 11 is 0. The summed E-state index contributed by atoms with van der Waals surface area (Å²) in [6.45, 7) is 5.09. The van der Waals surface area contributed by atoms with Crippen LogP contribution in [0.25, 0.3) is 5.82 Å². The number of rotatable bonds is 4. The number of carbonyl (C=O) groups excluding carboxylic acids is 1. The minimum atomic E-state index is -0.0709. The molecule has 10 nitrogen and oxygen atoms in total. The summed E-state index contributed by atoms with van der Waals surface area (Å²) in [5.74, 6) is 0.413. The number of nitrogens with one attached hydrogen (secondary N) is 1. The van der Waals surface area contributed by atoms with Crippen LogP contribution < -0.4 is 0 Å². The molecule has 2 aliphatic rings. The van der Waals surface area contributed by atoms with Crippen LogP contribution in [-0.4, -0.2) is 91.5 Å². The minimum absolute atomic E-state index is 0.0444. The minimum Gasteiger partial charge on any atom is -0.375 e. The zero-order valence-electron chi connectivity index (χ0n) is 14.8. The Balaban J connectivity index is 1.46. The van der Waals surface area contributed by atoms with E-state index in [1.807, 2.05) is 4.90 Å². The first-order chi connectivity index (χ1) is 12.8. The first-order valence-corrected chi connectivity index (χ1v) is 9.21. The summed E-state index contributed by atoms with van der Waals surface area (Å²) in [6, 6.07) is 0. The second-order valence-electron chi connectivity index (χ2n) is 6.85. The van der Waals surface area contributed by atoms with E-state index in [1.165, 1.54) is 36.5 Å². The number of nitrogens with zero attached hydrogens (tertiary/aromatic N) is 7. The van der Waals surface area contributed by atoms with Gasteiger partial charge in [0.05, 0.1) is 12.3 Å². The molecular weight excluding hydrogens is 336 g/mol. The summed E-state index contributed by atoms with van der Waals surface area (Å²) < 4.78 is 7.43. The second kappa shape index (κ2) is 7.92. The molecule has 0 aromatic carbocycles. The number of hydrogen-bond donors (Lipinski definition) is 1. The van der Waals surface area contributed by atoms with Crippen molar-refractivity contribution in [3.63, 3.8) is 0 Å². The van der Waals surface area contributed by atoms with Gasteiger partial charge in [0.25, 0.3) is 5.91 Å². The Kier molecular flexibility index (Phi) is 5.21. The average molecular weight is 360 g/mol. The Morgan fingerprint density at radius 1 is 1.23 bits per heavy atom. The van der Waals surface area contributed by atoms with Crippen LogP contribution in [0.4, 0.5) is 0 Å². The molecule has 2 aromatic heterocycles. The van der Waals surface area contributed by atoms with E-state index in [1.54, 1.807) is 0 Å². The number of hydrogen-bond acceptors (Lipinski definition) is 7. The maximum absolute atomic E-state index is 13.1. The van der Waals surface area contributed by atoms with Crippen LogP contribution in [0.5, 0.6) is 0 Å². The lowest BCUT2D eigenvalue weighted by molar-refractivity contribution is 0.0216. The van der Waals surface area contributed by atoms with Crippen LogP contribution in [0.3, 0.4) is 0 Å². The zero-order chi connectivity index (χ0) is 17.8. The Labute approximate surface area is 151 Å². The molecule has 0 aliphatic carbocycles. The fourth-order valence-corrected chi connectivity index (χ4v) is 3.66. The van der Waals surface area contributed by atoms with Gasteiger partial charge in [0.1, 0.15) is 11.9 Å². The SMILES string of the molecule is O=C(c1cn[nH]c1-n1cnnn1)N1CCCOC(CN2CCCCC2)C1. The van der Waals surface area contributed by atoms with Crippen molar-refractivity contribution in [2.45, 2.75) is 31.8 Å². The molecule has 0 spiro atoms. The van der Waals surface area contributed by atoms with Gasteiger partial charge >= 0.3 is 0 Å². The molecule has 2 saturated heterocycles. The van der Waals surface area contributed by atoms with Crippen LogP contribution in [0.15, 0.2) is 12.5 Å². The molecule has 1 amide bonds. The number of aromatic amines is 1. The molecule has 0 bridgehead atoms. The summed E-state index contributed by atoms with van der Waals surface area (Å²) in [4.78, 5) is 17.4. The van der Waals surface area contributed by atoms with Crippen LogP contribution in [0.2, 0.25) is 0 Å². The Bertz CT molecular complexity index is 710. The molecule has 1 atom stereocenters. The fraction of sp³-hybridized carbons (Fsp3) is 0.688. The molecule has 26 heavy (non-hydrogen) atoms. The number of amides is 1. The highest BCUT2D eigenvalue weighted by Gasteiger charge is 2.28. The molecule has 2 aromatic rings. The van der Waals surface area contributed by atoms with Gasteiger partial charge in [0.15, 0.2) is 5.82 Å². The molecule has 2 fully saturated rings. The van der Waals surface area contributed by atoms with E-state index in [0.717, 1.165) is 26.1 Å². The molecule has 10 heteroatoms. The Morgan fingerprint density at radius 2 is 2.12 bits per heavy atom. The first kappa shape index (κ1) is 17.1. The van der Waals surface area contributed by atoms with Crippen molar-refractivity contribution in [1.29, 1.82) is 0 Å². The van der Waals surface area contributed by atoms with Gasteiger partial charge in [0.2, 0.25) is 0 Å². The van der Waals surface area contributed by atoms with Crippen molar-refractivity contribution >= 4 is 5.91 Å². The third kappa shape index (κ3) is 3.75. The van der Waals surface area contributed by atoms with E-state index >= 15 is 0 Å². The zero-order valence-corrected chi connectivity index (χ0v) is 14.8. The van der Waals surface area contributed by atoms with E-state index in [0.29, 0.717) is 31.1 Å². The predicted octanol–water partition coefficient (Wildman–Crippen LogP) is 0.102. The van der Waals surface area contributed by atoms with E-state index in [4.69, 9.17) is 4.74 Å². The van der Waals surface area contributed by atoms with E-state index < -0.39 is 0 Å². The largest absolute Gasteiger partial charge is 0.375 e. The molecule has 0 radical (unpaired) electrons. The van der Waals surface area contributed by atoms with Crippen LogP contribution >= 0.6 is 0 Å². The number of tetrazole rings is 1. The van der Waals surface area contributed by atoms with Crippen molar-refractivity contribution in [2.75, 3.05) is 39.3 Å². The molecular formula is C16H24N8O2. The molecule has 1 N–H and O–H groups in total. The van der Waals surface area contributed by atoms with Crippen molar-refractivity contribution in [3.05, 3.63) is 18.1 Å². The number of ether oxygens (including phenoxy) is 1. The molecule has 0 saturated carbocycles. The van der Waals surface area contributed by atoms with Gasteiger partial charge in [-0.3, -0.25) is 9.89 Å². The summed E-state index contributed by atoms with van der Waals surface area (Å²) in [5, 5.41) is 17.9. The van der Waals surface area contributed by atoms with Gasteiger partial charge < -0.3 is 14.5 Å². The maximum Gasteiger partial charge on any atom is 0.259 e.